The van der Waals surface area contributed by atoms with Gasteiger partial charge in [-0.05, 0) is 64.4 Å². The molecule has 0 amide bonds. The van der Waals surface area contributed by atoms with Crippen LogP contribution in [-0.4, -0.2) is 17.7 Å². The summed E-state index contributed by atoms with van der Waals surface area (Å²) in [6.45, 7) is 5.20. The van der Waals surface area contributed by atoms with E-state index in [2.05, 4.69) is 0 Å². The number of esters is 1. The van der Waals surface area contributed by atoms with Crippen molar-refractivity contribution >= 4 is 17.6 Å². The number of carbonyl (C=O) groups is 1. The first kappa shape index (κ1) is 16.6. The van der Waals surface area contributed by atoms with E-state index in [1.165, 1.54) is 31.4 Å². The van der Waals surface area contributed by atoms with Crippen LogP contribution in [-0.2, 0) is 4.74 Å². The molecule has 2 saturated carbocycles. The highest BCUT2D eigenvalue weighted by Gasteiger charge is 2.41. The van der Waals surface area contributed by atoms with E-state index in [1.807, 2.05) is 0 Å². The maximum Gasteiger partial charge on any atom is 0.341 e. The number of hydrogen-bond donors (Lipinski definition) is 0. The molecule has 2 aliphatic rings. The minimum atomic E-state index is -0.719. The number of fused-ring (bicyclic) bond motifs is 2. The van der Waals surface area contributed by atoms with Crippen LogP contribution in [0.25, 0.3) is 0 Å². The maximum atomic E-state index is 14.3. The minimum Gasteiger partial charge on any atom is -0.488 e. The van der Waals surface area contributed by atoms with Crippen molar-refractivity contribution in [1.29, 1.82) is 0 Å². The molecule has 0 saturated heterocycles. The van der Waals surface area contributed by atoms with Crippen LogP contribution in [0.5, 0.6) is 5.75 Å². The summed E-state index contributed by atoms with van der Waals surface area (Å²) in [6, 6.07) is 2.50. The monoisotopic (exact) mass is 340 g/mol. The molecule has 0 radical (unpaired) electrons. The quantitative estimate of drug-likeness (QED) is 0.726. The van der Waals surface area contributed by atoms with Crippen LogP contribution in [0.15, 0.2) is 12.1 Å². The summed E-state index contributed by atoms with van der Waals surface area (Å²) < 4.78 is 25.4. The number of ether oxygens (including phenoxy) is 2. The maximum absolute atomic E-state index is 14.3. The first-order valence-corrected chi connectivity index (χ1v) is 8.50. The van der Waals surface area contributed by atoms with Gasteiger partial charge in [0.15, 0.2) is 0 Å². The first-order valence-electron chi connectivity index (χ1n) is 8.12. The molecule has 2 aliphatic carbocycles. The molecule has 1 aromatic carbocycles. The van der Waals surface area contributed by atoms with Crippen molar-refractivity contribution in [3.8, 4) is 5.75 Å². The number of hydrogen-bond acceptors (Lipinski definition) is 3. The molecule has 3 rings (SSSR count). The molecule has 1 aromatic rings. The first-order chi connectivity index (χ1) is 10.7. The van der Waals surface area contributed by atoms with Crippen LogP contribution in [0.2, 0.25) is 5.02 Å². The third kappa shape index (κ3) is 3.63. The molecular weight excluding hydrogens is 319 g/mol. The van der Waals surface area contributed by atoms with Crippen molar-refractivity contribution < 1.29 is 18.7 Å². The average molecular weight is 341 g/mol. The molecule has 0 aromatic heterocycles. The van der Waals surface area contributed by atoms with Crippen LogP contribution in [0.3, 0.4) is 0 Å². The van der Waals surface area contributed by atoms with Gasteiger partial charge in [0.1, 0.15) is 23.3 Å². The summed E-state index contributed by atoms with van der Waals surface area (Å²) in [5.41, 5.74) is -0.848. The lowest BCUT2D eigenvalue weighted by Crippen LogP contribution is -2.25. The van der Waals surface area contributed by atoms with E-state index in [-0.39, 0.29) is 16.7 Å². The van der Waals surface area contributed by atoms with Crippen molar-refractivity contribution in [1.82, 2.24) is 0 Å². The summed E-state index contributed by atoms with van der Waals surface area (Å²) in [5, 5.41) is 0.245. The zero-order valence-electron chi connectivity index (χ0n) is 13.7. The summed E-state index contributed by atoms with van der Waals surface area (Å²) in [7, 11) is 0. The van der Waals surface area contributed by atoms with Crippen molar-refractivity contribution in [2.75, 3.05) is 0 Å². The second-order valence-electron chi connectivity index (χ2n) is 7.60. The Hall–Kier alpha value is -1.29. The fraction of sp³-hybridized carbons (Fsp3) is 0.611. The van der Waals surface area contributed by atoms with Crippen molar-refractivity contribution in [2.45, 2.75) is 58.2 Å². The van der Waals surface area contributed by atoms with E-state index in [9.17, 15) is 9.18 Å². The van der Waals surface area contributed by atoms with Crippen molar-refractivity contribution in [3.05, 3.63) is 28.5 Å². The molecule has 0 N–H and O–H groups in total. The van der Waals surface area contributed by atoms with Gasteiger partial charge >= 0.3 is 5.97 Å². The molecular formula is C18H22ClFO3. The van der Waals surface area contributed by atoms with Gasteiger partial charge < -0.3 is 9.47 Å². The third-order valence-corrected chi connectivity index (χ3v) is 4.89. The van der Waals surface area contributed by atoms with E-state index < -0.39 is 17.4 Å². The molecule has 0 unspecified atom stereocenters. The van der Waals surface area contributed by atoms with Crippen LogP contribution in [0, 0.1) is 17.7 Å². The Morgan fingerprint density at radius 1 is 1.26 bits per heavy atom. The fourth-order valence-electron chi connectivity index (χ4n) is 3.60. The zero-order valence-corrected chi connectivity index (χ0v) is 14.5. The normalized spacial score (nSPS) is 26.4. The Kier molecular flexibility index (Phi) is 4.30. The summed E-state index contributed by atoms with van der Waals surface area (Å²) in [5.74, 6) is 0.207. The van der Waals surface area contributed by atoms with Crippen LogP contribution in [0.1, 0.15) is 56.8 Å². The molecule has 126 valence electrons. The average Bonchev–Trinajstić information content (AvgIpc) is 3.02. The van der Waals surface area contributed by atoms with Crippen molar-refractivity contribution in [3.63, 3.8) is 0 Å². The number of carbonyl (C=O) groups excluding carboxylic acids is 1. The Morgan fingerprint density at radius 2 is 2.00 bits per heavy atom. The molecule has 0 spiro atoms. The van der Waals surface area contributed by atoms with Gasteiger partial charge in [-0.15, -0.1) is 0 Å². The highest BCUT2D eigenvalue weighted by molar-refractivity contribution is 6.32. The number of halogens is 2. The van der Waals surface area contributed by atoms with Gasteiger partial charge in [0, 0.05) is 6.07 Å². The highest BCUT2D eigenvalue weighted by Crippen LogP contribution is 2.46. The highest BCUT2D eigenvalue weighted by atomic mass is 35.5. The second kappa shape index (κ2) is 5.97. The summed E-state index contributed by atoms with van der Waals surface area (Å²) >= 11 is 6.20. The molecule has 0 aliphatic heterocycles. The molecule has 23 heavy (non-hydrogen) atoms. The van der Waals surface area contributed by atoms with Crippen LogP contribution >= 0.6 is 11.6 Å². The molecule has 0 heterocycles. The Labute approximate surface area is 141 Å². The van der Waals surface area contributed by atoms with Gasteiger partial charge in [0.2, 0.25) is 0 Å². The molecule has 5 heteroatoms. The van der Waals surface area contributed by atoms with Gasteiger partial charge in [-0.2, -0.15) is 0 Å². The predicted molar refractivity (Wildman–Crippen MR) is 86.4 cm³/mol. The summed E-state index contributed by atoms with van der Waals surface area (Å²) in [4.78, 5) is 12.0. The topological polar surface area (TPSA) is 35.5 Å². The molecule has 2 fully saturated rings. The third-order valence-electron chi connectivity index (χ3n) is 4.59. The van der Waals surface area contributed by atoms with Gasteiger partial charge in [0.05, 0.1) is 10.6 Å². The molecule has 2 bridgehead atoms. The Balaban J connectivity index is 1.76. The van der Waals surface area contributed by atoms with Crippen molar-refractivity contribution in [2.24, 2.45) is 11.8 Å². The zero-order chi connectivity index (χ0) is 16.8. The van der Waals surface area contributed by atoms with E-state index in [0.29, 0.717) is 11.7 Å². The lowest BCUT2D eigenvalue weighted by Gasteiger charge is -2.24. The van der Waals surface area contributed by atoms with Gasteiger partial charge in [0.25, 0.3) is 0 Å². The summed E-state index contributed by atoms with van der Waals surface area (Å²) in [6.07, 6.45) is 4.75. The van der Waals surface area contributed by atoms with Crippen LogP contribution in [0.4, 0.5) is 4.39 Å². The smallest absolute Gasteiger partial charge is 0.341 e. The standard InChI is InChI=1S/C18H22ClFO3/c1-18(2,3)23-17(21)12-8-13(19)16(9-14(12)20)22-15-7-10-4-5-11(15)6-10/h8-11,15H,4-7H2,1-3H3/t10-,11+,15-/m1/s1. The minimum absolute atomic E-state index is 0.109. The van der Waals surface area contributed by atoms with E-state index in [4.69, 9.17) is 21.1 Å². The number of benzene rings is 1. The lowest BCUT2D eigenvalue weighted by atomic mass is 9.98. The predicted octanol–water partition coefficient (Wildman–Crippen LogP) is 5.00. The molecule has 3 nitrogen and oxygen atoms in total. The van der Waals surface area contributed by atoms with E-state index in [0.717, 1.165) is 12.3 Å². The Morgan fingerprint density at radius 3 is 2.57 bits per heavy atom. The second-order valence-corrected chi connectivity index (χ2v) is 8.00. The SMILES string of the molecule is CC(C)(C)OC(=O)c1cc(Cl)c(O[C@@H]2C[C@@H]3CC[C@H]2C3)cc1F. The lowest BCUT2D eigenvalue weighted by molar-refractivity contribution is 0.00646. The fourth-order valence-corrected chi connectivity index (χ4v) is 3.81. The van der Waals surface area contributed by atoms with Gasteiger partial charge in [-0.25, -0.2) is 9.18 Å². The van der Waals surface area contributed by atoms with E-state index >= 15 is 0 Å². The Bertz CT molecular complexity index is 623. The molecule has 3 atom stereocenters. The number of rotatable bonds is 3. The van der Waals surface area contributed by atoms with Crippen LogP contribution < -0.4 is 4.74 Å². The van der Waals surface area contributed by atoms with Gasteiger partial charge in [-0.3, -0.25) is 0 Å². The van der Waals surface area contributed by atoms with Gasteiger partial charge in [-0.1, -0.05) is 11.6 Å². The largest absolute Gasteiger partial charge is 0.488 e. The van der Waals surface area contributed by atoms with E-state index in [1.54, 1.807) is 20.8 Å².